The molecule has 1 aliphatic rings. The Bertz CT molecular complexity index is 2210. The lowest BCUT2D eigenvalue weighted by Gasteiger charge is -2.35. The van der Waals surface area contributed by atoms with Gasteiger partial charge in [-0.1, -0.05) is 69.3 Å². The van der Waals surface area contributed by atoms with E-state index >= 15 is 0 Å². The molecule has 1 saturated heterocycles. The number of ether oxygens (including phenoxy) is 6. The molecule has 17 heteroatoms. The van der Waals surface area contributed by atoms with Crippen molar-refractivity contribution in [1.82, 2.24) is 25.8 Å². The van der Waals surface area contributed by atoms with Gasteiger partial charge in [-0.05, 0) is 79.0 Å². The van der Waals surface area contributed by atoms with Crippen LogP contribution >= 0.6 is 11.3 Å². The number of rotatable bonds is 26. The number of nitrogens with zero attached hydrogens (tertiary/aromatic N) is 2. The van der Waals surface area contributed by atoms with E-state index in [-0.39, 0.29) is 70.5 Å². The van der Waals surface area contributed by atoms with Crippen LogP contribution in [0.4, 0.5) is 0 Å². The van der Waals surface area contributed by atoms with Crippen molar-refractivity contribution >= 4 is 35.0 Å². The number of aryl methyl sites for hydroxylation is 2. The number of carbonyl (C=O) groups is 4. The van der Waals surface area contributed by atoms with Crippen molar-refractivity contribution < 1.29 is 52.7 Å². The van der Waals surface area contributed by atoms with E-state index in [9.17, 15) is 24.3 Å². The van der Waals surface area contributed by atoms with Gasteiger partial charge in [0.25, 0.3) is 5.91 Å². The van der Waals surface area contributed by atoms with Gasteiger partial charge in [0, 0.05) is 19.5 Å². The van der Waals surface area contributed by atoms with E-state index in [2.05, 4.69) is 27.4 Å². The number of carbonyl (C=O) groups excluding carboxylic acids is 4. The number of thiazole rings is 1. The lowest BCUT2D eigenvalue weighted by atomic mass is 9.85. The summed E-state index contributed by atoms with van der Waals surface area (Å²) in [6.07, 6.45) is 2.83. The monoisotopic (exact) mass is 944 g/mol. The molecule has 67 heavy (non-hydrogen) atoms. The molecule has 1 radical (unpaired) electrons. The van der Waals surface area contributed by atoms with Gasteiger partial charge in [0.2, 0.25) is 17.7 Å². The van der Waals surface area contributed by atoms with Gasteiger partial charge in [-0.2, -0.15) is 0 Å². The first-order valence-corrected chi connectivity index (χ1v) is 23.4. The summed E-state index contributed by atoms with van der Waals surface area (Å²) >= 11 is 1.57. The van der Waals surface area contributed by atoms with Gasteiger partial charge >= 0.3 is 0 Å². The number of benzene rings is 3. The van der Waals surface area contributed by atoms with Crippen LogP contribution < -0.4 is 30.2 Å². The van der Waals surface area contributed by atoms with Gasteiger partial charge in [-0.3, -0.25) is 19.2 Å². The lowest BCUT2D eigenvalue weighted by molar-refractivity contribution is -0.144. The highest BCUT2D eigenvalue weighted by Crippen LogP contribution is 2.31. The number of para-hydroxylation sites is 1. The Hall–Kier alpha value is -5.59. The Morgan fingerprint density at radius 1 is 0.866 bits per heavy atom. The molecular weight excluding hydrogens is 879 g/mol. The maximum absolute atomic E-state index is 14.0. The number of aromatic nitrogens is 1. The van der Waals surface area contributed by atoms with Crippen molar-refractivity contribution in [3.8, 4) is 27.7 Å². The third-order valence-corrected chi connectivity index (χ3v) is 12.1. The van der Waals surface area contributed by atoms with Gasteiger partial charge < -0.3 is 54.4 Å². The molecular formula is C50H66N5O11S. The normalized spacial score (nSPS) is 15.7. The van der Waals surface area contributed by atoms with Crippen LogP contribution in [0.5, 0.6) is 17.2 Å². The second kappa shape index (κ2) is 26.1. The highest BCUT2D eigenvalue weighted by atomic mass is 32.1. The fourth-order valence-electron chi connectivity index (χ4n) is 7.49. The standard InChI is InChI=1S/C50H66N5O11S/c1-33(36-16-18-38(19-17-36)46-34(2)52-32-67-46)53-48(59)40-28-39(56)29-55(40)49(60)47(50(3,4)5)54-45(58)30-65-26-25-64-24-23-63-22-21-51-44(57)31-66-41-14-9-8-12-37(41)13-10-11-35-15-20-42(61-6)43(27-35)62-7/h8-9,12-20,27,32-33,39-40,47,56H,10-11,21-26,28-31H2,1-7H3,(H,51,57)(H,53,59)(H,54,58)/t33-,39+,40-,47+/m0/s1. The van der Waals surface area contributed by atoms with Crippen molar-refractivity contribution in [2.45, 2.75) is 78.1 Å². The average molecular weight is 945 g/mol. The van der Waals surface area contributed by atoms with Crippen molar-refractivity contribution in [2.24, 2.45) is 5.41 Å². The molecule has 0 bridgehead atoms. The SMILES string of the molecule is COc1ccc(CC[CH]c2ccccc2OCC(=O)NCCOCCOCCOCC(=O)N[C@H](C(=O)N2C[C@H](O)C[C@H]2C(=O)N[C@@H](C)c2ccc(-c3scnc3C)cc2)C(C)(C)C)cc1OC. The van der Waals surface area contributed by atoms with Crippen LogP contribution in [-0.4, -0.2) is 130 Å². The van der Waals surface area contributed by atoms with E-state index in [1.54, 1.807) is 25.6 Å². The smallest absolute Gasteiger partial charge is 0.258 e. The first kappa shape index (κ1) is 52.4. The van der Waals surface area contributed by atoms with Crippen molar-refractivity contribution in [2.75, 3.05) is 73.6 Å². The predicted octanol–water partition coefficient (Wildman–Crippen LogP) is 5.24. The molecule has 363 valence electrons. The van der Waals surface area contributed by atoms with Gasteiger partial charge in [0.15, 0.2) is 18.1 Å². The minimum atomic E-state index is -0.983. The zero-order chi connectivity index (χ0) is 48.3. The summed E-state index contributed by atoms with van der Waals surface area (Å²) in [7, 11) is 3.22. The highest BCUT2D eigenvalue weighted by Gasteiger charge is 2.44. The molecule has 2 heterocycles. The van der Waals surface area contributed by atoms with Gasteiger partial charge in [-0.25, -0.2) is 4.98 Å². The van der Waals surface area contributed by atoms with Crippen LogP contribution in [0.25, 0.3) is 10.4 Å². The number of nitrogens with one attached hydrogen (secondary N) is 3. The Labute approximate surface area is 398 Å². The van der Waals surface area contributed by atoms with E-state index in [0.717, 1.165) is 45.7 Å². The zero-order valence-electron chi connectivity index (χ0n) is 39.6. The first-order valence-electron chi connectivity index (χ1n) is 22.5. The van der Waals surface area contributed by atoms with Crippen LogP contribution in [0, 0.1) is 18.8 Å². The first-order chi connectivity index (χ1) is 32.2. The van der Waals surface area contributed by atoms with Crippen molar-refractivity contribution in [3.05, 3.63) is 101 Å². The second-order valence-corrected chi connectivity index (χ2v) is 18.1. The van der Waals surface area contributed by atoms with Gasteiger partial charge in [0.1, 0.15) is 24.4 Å². The molecule has 1 aliphatic heterocycles. The van der Waals surface area contributed by atoms with E-state index in [0.29, 0.717) is 30.4 Å². The topological polar surface area (TPSA) is 196 Å². The van der Waals surface area contributed by atoms with E-state index in [1.165, 1.54) is 4.90 Å². The van der Waals surface area contributed by atoms with E-state index in [1.807, 2.05) is 107 Å². The average Bonchev–Trinajstić information content (AvgIpc) is 3.93. The van der Waals surface area contributed by atoms with Crippen molar-refractivity contribution in [1.29, 1.82) is 0 Å². The largest absolute Gasteiger partial charge is 0.493 e. The molecule has 0 saturated carbocycles. The molecule has 0 spiro atoms. The Morgan fingerprint density at radius 3 is 2.25 bits per heavy atom. The summed E-state index contributed by atoms with van der Waals surface area (Å²) in [6, 6.07) is 19.1. The van der Waals surface area contributed by atoms with Crippen LogP contribution in [0.1, 0.15) is 69.0 Å². The molecule has 1 aromatic heterocycles. The van der Waals surface area contributed by atoms with Gasteiger partial charge in [-0.15, -0.1) is 11.3 Å². The maximum atomic E-state index is 14.0. The summed E-state index contributed by atoms with van der Waals surface area (Å²) in [5.74, 6) is 0.383. The molecule has 5 rings (SSSR count). The fourth-order valence-corrected chi connectivity index (χ4v) is 8.30. The number of hydrogen-bond donors (Lipinski definition) is 4. The third-order valence-electron chi connectivity index (χ3n) is 11.1. The summed E-state index contributed by atoms with van der Waals surface area (Å²) in [6.45, 7) is 10.3. The van der Waals surface area contributed by atoms with Crippen LogP contribution in [0.2, 0.25) is 0 Å². The molecule has 3 aromatic carbocycles. The quantitative estimate of drug-likeness (QED) is 0.0600. The van der Waals surface area contributed by atoms with E-state index in [4.69, 9.17) is 28.4 Å². The number of methoxy groups -OCH3 is 2. The lowest BCUT2D eigenvalue weighted by Crippen LogP contribution is -2.58. The molecule has 16 nitrogen and oxygen atoms in total. The molecule has 0 aliphatic carbocycles. The predicted molar refractivity (Wildman–Crippen MR) is 255 cm³/mol. The van der Waals surface area contributed by atoms with Gasteiger partial charge in [0.05, 0.1) is 75.5 Å². The molecule has 4 amide bonds. The number of β-amino-alcohol motifs (C(OH)–C–C–N with tert-alkyl or cyclic N) is 1. The minimum Gasteiger partial charge on any atom is -0.493 e. The fraction of sp³-hybridized carbons (Fsp3) is 0.480. The Morgan fingerprint density at radius 2 is 1.57 bits per heavy atom. The van der Waals surface area contributed by atoms with Crippen molar-refractivity contribution in [3.63, 3.8) is 0 Å². The van der Waals surface area contributed by atoms with Crippen LogP contribution in [0.3, 0.4) is 0 Å². The summed E-state index contributed by atoms with van der Waals surface area (Å²) in [5.41, 5.74) is 6.00. The second-order valence-electron chi connectivity index (χ2n) is 17.3. The molecule has 4 N–H and O–H groups in total. The number of amides is 4. The molecule has 0 unspecified atom stereocenters. The summed E-state index contributed by atoms with van der Waals surface area (Å²) < 4.78 is 33.2. The summed E-state index contributed by atoms with van der Waals surface area (Å²) in [4.78, 5) is 59.8. The Balaban J connectivity index is 0.930. The van der Waals surface area contributed by atoms with Crippen LogP contribution in [-0.2, 0) is 39.8 Å². The third kappa shape index (κ3) is 16.0. The number of aliphatic hydroxyl groups is 1. The molecule has 4 atom stereocenters. The van der Waals surface area contributed by atoms with Crippen LogP contribution in [0.15, 0.2) is 72.2 Å². The molecule has 1 fully saturated rings. The summed E-state index contributed by atoms with van der Waals surface area (Å²) in [5, 5.41) is 19.2. The highest BCUT2D eigenvalue weighted by molar-refractivity contribution is 7.13. The zero-order valence-corrected chi connectivity index (χ0v) is 40.4. The van der Waals surface area contributed by atoms with E-state index < -0.39 is 35.4 Å². The number of aliphatic hydroxyl groups excluding tert-OH is 1. The number of hydrogen-bond acceptors (Lipinski definition) is 13. The Kier molecular flexibility index (Phi) is 20.4. The minimum absolute atomic E-state index is 0.0299. The maximum Gasteiger partial charge on any atom is 0.258 e. The number of likely N-dealkylation sites (tertiary alicyclic amines) is 1. The molecule has 4 aromatic rings.